The zero-order valence-corrected chi connectivity index (χ0v) is 16.1. The van der Waals surface area contributed by atoms with Crippen molar-refractivity contribution in [2.45, 2.75) is 19.9 Å². The quantitative estimate of drug-likeness (QED) is 0.685. The monoisotopic (exact) mass is 381 g/mol. The van der Waals surface area contributed by atoms with Crippen molar-refractivity contribution in [1.82, 2.24) is 14.7 Å². The number of hydrogen-bond acceptors (Lipinski definition) is 3. The van der Waals surface area contributed by atoms with Crippen molar-refractivity contribution in [3.05, 3.63) is 92.9 Å². The third-order valence-corrected chi connectivity index (χ3v) is 4.89. The van der Waals surface area contributed by atoms with E-state index in [1.165, 1.54) is 15.6 Å². The van der Waals surface area contributed by atoms with E-state index in [-0.39, 0.29) is 11.7 Å². The maximum absolute atomic E-state index is 13.0. The number of benzene rings is 2. The molecule has 1 heterocycles. The summed E-state index contributed by atoms with van der Waals surface area (Å²) in [7, 11) is 1.67. The van der Waals surface area contributed by atoms with Crippen LogP contribution in [0.25, 0.3) is 5.69 Å². The van der Waals surface area contributed by atoms with Crippen molar-refractivity contribution >= 4 is 17.5 Å². The average Bonchev–Trinajstić information content (AvgIpc) is 2.68. The van der Waals surface area contributed by atoms with Crippen molar-refractivity contribution in [3.63, 3.8) is 0 Å². The molecule has 0 aliphatic carbocycles. The minimum Gasteiger partial charge on any atom is -0.333 e. The van der Waals surface area contributed by atoms with Crippen LogP contribution in [-0.2, 0) is 0 Å². The van der Waals surface area contributed by atoms with Gasteiger partial charge in [-0.05, 0) is 31.5 Å². The van der Waals surface area contributed by atoms with Gasteiger partial charge >= 0.3 is 0 Å². The molecule has 1 atom stereocenters. The fourth-order valence-electron chi connectivity index (χ4n) is 2.86. The summed E-state index contributed by atoms with van der Waals surface area (Å²) in [4.78, 5) is 27.0. The smallest absolute Gasteiger partial charge is 0.278 e. The molecule has 0 saturated heterocycles. The van der Waals surface area contributed by atoms with Gasteiger partial charge in [-0.2, -0.15) is 5.10 Å². The van der Waals surface area contributed by atoms with Crippen molar-refractivity contribution in [1.29, 1.82) is 0 Å². The molecule has 27 heavy (non-hydrogen) atoms. The number of amides is 1. The van der Waals surface area contributed by atoms with Crippen molar-refractivity contribution < 1.29 is 4.79 Å². The van der Waals surface area contributed by atoms with Gasteiger partial charge in [0.05, 0.1) is 16.8 Å². The Morgan fingerprint density at radius 1 is 1.11 bits per heavy atom. The van der Waals surface area contributed by atoms with E-state index in [0.29, 0.717) is 16.4 Å². The first-order chi connectivity index (χ1) is 12.9. The zero-order valence-electron chi connectivity index (χ0n) is 15.4. The van der Waals surface area contributed by atoms with Gasteiger partial charge in [0.15, 0.2) is 5.69 Å². The molecular formula is C21H20ClN3O2. The van der Waals surface area contributed by atoms with E-state index in [1.807, 2.05) is 49.4 Å². The lowest BCUT2D eigenvalue weighted by atomic mass is 10.1. The number of rotatable bonds is 4. The first kappa shape index (κ1) is 18.9. The molecule has 1 aromatic heterocycles. The number of hydrogen-bond donors (Lipinski definition) is 0. The number of halogens is 1. The third-order valence-electron chi connectivity index (χ3n) is 4.57. The molecule has 3 rings (SSSR count). The Hall–Kier alpha value is -2.92. The molecule has 0 bridgehead atoms. The molecule has 0 saturated carbocycles. The van der Waals surface area contributed by atoms with Crippen molar-refractivity contribution in [3.8, 4) is 5.69 Å². The Bertz CT molecular complexity index is 1030. The number of carbonyl (C=O) groups excluding carboxylic acids is 1. The number of nitrogens with zero attached hydrogens (tertiary/aromatic N) is 3. The van der Waals surface area contributed by atoms with Crippen LogP contribution in [0.2, 0.25) is 5.02 Å². The van der Waals surface area contributed by atoms with E-state index in [2.05, 4.69) is 5.10 Å². The average molecular weight is 382 g/mol. The second-order valence-electron chi connectivity index (χ2n) is 6.36. The first-order valence-electron chi connectivity index (χ1n) is 8.58. The van der Waals surface area contributed by atoms with Crippen LogP contribution in [-0.4, -0.2) is 27.6 Å². The summed E-state index contributed by atoms with van der Waals surface area (Å²) in [5.41, 5.74) is 1.65. The van der Waals surface area contributed by atoms with E-state index < -0.39 is 11.3 Å². The second-order valence-corrected chi connectivity index (χ2v) is 6.77. The lowest BCUT2D eigenvalue weighted by Crippen LogP contribution is -2.35. The molecule has 0 radical (unpaired) electrons. The van der Waals surface area contributed by atoms with E-state index in [9.17, 15) is 9.59 Å². The molecule has 0 unspecified atom stereocenters. The Labute approximate surface area is 162 Å². The SMILES string of the molecule is Cc1cc(=O)c(C(=O)N(C)[C@@H](C)c2ccccc2)nn1-c1ccccc1Cl. The van der Waals surface area contributed by atoms with Crippen molar-refractivity contribution in [2.75, 3.05) is 7.05 Å². The molecule has 0 fully saturated rings. The van der Waals surface area contributed by atoms with Crippen molar-refractivity contribution in [2.24, 2.45) is 0 Å². The third kappa shape index (κ3) is 3.78. The van der Waals surface area contributed by atoms with Gasteiger partial charge in [0.1, 0.15) is 0 Å². The zero-order chi connectivity index (χ0) is 19.6. The van der Waals surface area contributed by atoms with Crippen LogP contribution in [0.1, 0.15) is 34.7 Å². The Morgan fingerprint density at radius 3 is 2.41 bits per heavy atom. The molecule has 0 aliphatic rings. The fraction of sp³-hybridized carbons (Fsp3) is 0.190. The summed E-state index contributed by atoms with van der Waals surface area (Å²) in [6, 6.07) is 18.0. The van der Waals surface area contributed by atoms with Gasteiger partial charge in [0.25, 0.3) is 5.91 Å². The fourth-order valence-corrected chi connectivity index (χ4v) is 3.08. The maximum Gasteiger partial charge on any atom is 0.278 e. The van der Waals surface area contributed by atoms with Gasteiger partial charge in [-0.3, -0.25) is 9.59 Å². The van der Waals surface area contributed by atoms with Crippen LogP contribution in [0.4, 0.5) is 0 Å². The lowest BCUT2D eigenvalue weighted by molar-refractivity contribution is 0.0733. The molecule has 138 valence electrons. The molecule has 0 spiro atoms. The van der Waals surface area contributed by atoms with E-state index in [0.717, 1.165) is 5.56 Å². The van der Waals surface area contributed by atoms with Gasteiger partial charge < -0.3 is 4.90 Å². The minimum absolute atomic E-state index is 0.134. The lowest BCUT2D eigenvalue weighted by Gasteiger charge is -2.25. The standard InChI is InChI=1S/C21H20ClN3O2/c1-14-13-19(26)20(23-25(14)18-12-8-7-11-17(18)22)21(27)24(3)15(2)16-9-5-4-6-10-16/h4-13,15H,1-3H3/t15-/m0/s1. The molecule has 5 nitrogen and oxygen atoms in total. The van der Waals surface area contributed by atoms with Crippen LogP contribution < -0.4 is 5.43 Å². The van der Waals surface area contributed by atoms with E-state index >= 15 is 0 Å². The molecular weight excluding hydrogens is 362 g/mol. The van der Waals surface area contributed by atoms with Gasteiger partial charge in [-0.1, -0.05) is 54.1 Å². The molecule has 2 aromatic carbocycles. The highest BCUT2D eigenvalue weighted by molar-refractivity contribution is 6.32. The molecule has 3 aromatic rings. The summed E-state index contributed by atoms with van der Waals surface area (Å²) in [5, 5.41) is 4.82. The highest BCUT2D eigenvalue weighted by Crippen LogP contribution is 2.21. The summed E-state index contributed by atoms with van der Waals surface area (Å²) in [6.45, 7) is 3.66. The summed E-state index contributed by atoms with van der Waals surface area (Å²) in [6.07, 6.45) is 0. The normalized spacial score (nSPS) is 11.9. The molecule has 1 amide bonds. The van der Waals surface area contributed by atoms with Gasteiger partial charge in [-0.15, -0.1) is 0 Å². The minimum atomic E-state index is -0.433. The number of carbonyl (C=O) groups is 1. The predicted octanol–water partition coefficient (Wildman–Crippen LogP) is 4.03. The largest absolute Gasteiger partial charge is 0.333 e. The Morgan fingerprint density at radius 2 is 1.74 bits per heavy atom. The molecule has 0 aliphatic heterocycles. The predicted molar refractivity (Wildman–Crippen MR) is 107 cm³/mol. The second kappa shape index (κ2) is 7.76. The van der Waals surface area contributed by atoms with Gasteiger partial charge in [0.2, 0.25) is 5.43 Å². The summed E-state index contributed by atoms with van der Waals surface area (Å²) < 4.78 is 1.53. The summed E-state index contributed by atoms with van der Waals surface area (Å²) >= 11 is 6.26. The van der Waals surface area contributed by atoms with Crippen LogP contribution in [0.15, 0.2) is 65.5 Å². The summed E-state index contributed by atoms with van der Waals surface area (Å²) in [5.74, 6) is -0.433. The van der Waals surface area contributed by atoms with Gasteiger partial charge in [-0.25, -0.2) is 4.68 Å². The molecule has 6 heteroatoms. The Kier molecular flexibility index (Phi) is 5.42. The number of para-hydroxylation sites is 1. The number of aromatic nitrogens is 2. The highest BCUT2D eigenvalue weighted by atomic mass is 35.5. The first-order valence-corrected chi connectivity index (χ1v) is 8.96. The molecule has 0 N–H and O–H groups in total. The topological polar surface area (TPSA) is 55.2 Å². The maximum atomic E-state index is 13.0. The van der Waals surface area contributed by atoms with Gasteiger partial charge in [0, 0.05) is 18.8 Å². The van der Waals surface area contributed by atoms with E-state index in [1.54, 1.807) is 26.1 Å². The van der Waals surface area contributed by atoms with Crippen LogP contribution >= 0.6 is 11.6 Å². The van der Waals surface area contributed by atoms with E-state index in [4.69, 9.17) is 11.6 Å². The number of aryl methyl sites for hydroxylation is 1. The Balaban J connectivity index is 2.01. The van der Waals surface area contributed by atoms with Crippen LogP contribution in [0.5, 0.6) is 0 Å². The van der Waals surface area contributed by atoms with Crippen LogP contribution in [0.3, 0.4) is 0 Å². The highest BCUT2D eigenvalue weighted by Gasteiger charge is 2.23. The van der Waals surface area contributed by atoms with Crippen LogP contribution in [0, 0.1) is 6.92 Å².